The van der Waals surface area contributed by atoms with Gasteiger partial charge in [0.1, 0.15) is 0 Å². The summed E-state index contributed by atoms with van der Waals surface area (Å²) in [7, 11) is 4.04. The Bertz CT molecular complexity index is 121. The van der Waals surface area contributed by atoms with Crippen LogP contribution in [0, 0.1) is 0 Å². The second-order valence-corrected chi connectivity index (χ2v) is 2.34. The van der Waals surface area contributed by atoms with E-state index in [9.17, 15) is 0 Å². The monoisotopic (exact) mass is 125 g/mol. The zero-order chi connectivity index (χ0) is 7.28. The molecule has 1 heteroatoms. The van der Waals surface area contributed by atoms with Crippen LogP contribution in [-0.4, -0.2) is 19.0 Å². The van der Waals surface area contributed by atoms with Gasteiger partial charge in [0, 0.05) is 20.3 Å². The first-order valence-corrected chi connectivity index (χ1v) is 3.14. The lowest BCUT2D eigenvalue weighted by Gasteiger charge is -2.04. The second kappa shape index (κ2) is 4.19. The predicted molar refractivity (Wildman–Crippen MR) is 42.3 cm³/mol. The smallest absolute Gasteiger partial charge is 0.00557 e. The van der Waals surface area contributed by atoms with E-state index >= 15 is 0 Å². The topological polar surface area (TPSA) is 3.24 Å². The van der Waals surface area contributed by atoms with E-state index in [0.29, 0.717) is 0 Å². The molecule has 0 fully saturated rings. The van der Waals surface area contributed by atoms with Gasteiger partial charge in [0.05, 0.1) is 0 Å². The highest BCUT2D eigenvalue weighted by molar-refractivity contribution is 5.13. The van der Waals surface area contributed by atoms with E-state index in [1.54, 1.807) is 0 Å². The second-order valence-electron chi connectivity index (χ2n) is 2.34. The van der Waals surface area contributed by atoms with Gasteiger partial charge in [-0.15, -0.1) is 0 Å². The Morgan fingerprint density at radius 3 is 2.22 bits per heavy atom. The highest BCUT2D eigenvalue weighted by Crippen LogP contribution is 1.94. The zero-order valence-electron chi connectivity index (χ0n) is 6.68. The number of allylic oxidation sites excluding steroid dienone is 3. The van der Waals surface area contributed by atoms with Crippen LogP contribution in [-0.2, 0) is 0 Å². The highest BCUT2D eigenvalue weighted by Gasteiger charge is 1.79. The van der Waals surface area contributed by atoms with Crippen LogP contribution < -0.4 is 0 Å². The van der Waals surface area contributed by atoms with Crippen LogP contribution in [0.15, 0.2) is 23.9 Å². The summed E-state index contributed by atoms with van der Waals surface area (Å²) < 4.78 is 0. The Hall–Kier alpha value is -0.720. The summed E-state index contributed by atoms with van der Waals surface area (Å²) in [6.45, 7) is 4.10. The molecule has 0 N–H and O–H groups in total. The van der Waals surface area contributed by atoms with Crippen molar-refractivity contribution in [3.8, 4) is 0 Å². The van der Waals surface area contributed by atoms with Crippen molar-refractivity contribution in [1.29, 1.82) is 0 Å². The fraction of sp³-hybridized carbons (Fsp3) is 0.500. The van der Waals surface area contributed by atoms with E-state index in [0.717, 1.165) is 0 Å². The number of nitrogens with zero attached hydrogens (tertiary/aromatic N) is 1. The summed E-state index contributed by atoms with van der Waals surface area (Å²) in [5, 5.41) is 0. The lowest BCUT2D eigenvalue weighted by molar-refractivity contribution is 0.560. The summed E-state index contributed by atoms with van der Waals surface area (Å²) >= 11 is 0. The molecule has 0 unspecified atom stereocenters. The van der Waals surface area contributed by atoms with E-state index < -0.39 is 0 Å². The molecule has 0 aliphatic carbocycles. The van der Waals surface area contributed by atoms with Gasteiger partial charge >= 0.3 is 0 Å². The number of hydrogen-bond acceptors (Lipinski definition) is 1. The molecule has 0 bridgehead atoms. The van der Waals surface area contributed by atoms with E-state index in [4.69, 9.17) is 0 Å². The van der Waals surface area contributed by atoms with Crippen molar-refractivity contribution in [3.05, 3.63) is 23.9 Å². The normalized spacial score (nSPS) is 12.7. The van der Waals surface area contributed by atoms with Crippen LogP contribution in [0.25, 0.3) is 0 Å². The van der Waals surface area contributed by atoms with Crippen molar-refractivity contribution in [1.82, 2.24) is 4.90 Å². The molecule has 1 nitrogen and oxygen atoms in total. The minimum Gasteiger partial charge on any atom is -0.383 e. The molecule has 0 atom stereocenters. The van der Waals surface area contributed by atoms with Crippen LogP contribution in [0.5, 0.6) is 0 Å². The maximum absolute atomic E-state index is 2.08. The predicted octanol–water partition coefficient (Wildman–Crippen LogP) is 2.03. The SMILES string of the molecule is CC=C/C(C)=C\N(C)C. The van der Waals surface area contributed by atoms with E-state index in [1.807, 2.05) is 32.0 Å². The van der Waals surface area contributed by atoms with Gasteiger partial charge < -0.3 is 4.90 Å². The minimum absolute atomic E-state index is 1.28. The third-order valence-electron chi connectivity index (χ3n) is 0.891. The van der Waals surface area contributed by atoms with Gasteiger partial charge in [0.25, 0.3) is 0 Å². The zero-order valence-corrected chi connectivity index (χ0v) is 6.68. The molecular formula is C8H15N. The van der Waals surface area contributed by atoms with Crippen molar-refractivity contribution in [3.63, 3.8) is 0 Å². The van der Waals surface area contributed by atoms with Gasteiger partial charge in [-0.3, -0.25) is 0 Å². The summed E-state index contributed by atoms with van der Waals surface area (Å²) in [5.41, 5.74) is 1.28. The molecule has 0 amide bonds. The summed E-state index contributed by atoms with van der Waals surface area (Å²) in [6.07, 6.45) is 6.20. The molecule has 0 rings (SSSR count). The molecule has 9 heavy (non-hydrogen) atoms. The lowest BCUT2D eigenvalue weighted by atomic mass is 10.3. The molecule has 0 radical (unpaired) electrons. The fourth-order valence-corrected chi connectivity index (χ4v) is 0.713. The fourth-order valence-electron chi connectivity index (χ4n) is 0.713. The van der Waals surface area contributed by atoms with Crippen LogP contribution in [0.4, 0.5) is 0 Å². The van der Waals surface area contributed by atoms with Crippen molar-refractivity contribution >= 4 is 0 Å². The van der Waals surface area contributed by atoms with Crippen LogP contribution >= 0.6 is 0 Å². The molecule has 0 aliphatic heterocycles. The molecule has 0 aromatic rings. The summed E-state index contributed by atoms with van der Waals surface area (Å²) in [5.74, 6) is 0. The molecule has 0 aromatic carbocycles. The van der Waals surface area contributed by atoms with Crippen LogP contribution in [0.3, 0.4) is 0 Å². The van der Waals surface area contributed by atoms with Crippen LogP contribution in [0.1, 0.15) is 13.8 Å². The number of rotatable bonds is 2. The molecule has 0 aliphatic rings. The van der Waals surface area contributed by atoms with E-state index in [1.165, 1.54) is 5.57 Å². The Balaban J connectivity index is 3.84. The van der Waals surface area contributed by atoms with Crippen molar-refractivity contribution in [2.45, 2.75) is 13.8 Å². The molecule has 0 saturated carbocycles. The Morgan fingerprint density at radius 2 is 1.89 bits per heavy atom. The van der Waals surface area contributed by atoms with Crippen molar-refractivity contribution < 1.29 is 0 Å². The third kappa shape index (κ3) is 5.15. The summed E-state index contributed by atoms with van der Waals surface area (Å²) in [6, 6.07) is 0. The average Bonchev–Trinajstić information content (AvgIpc) is 1.63. The molecule has 0 spiro atoms. The maximum Gasteiger partial charge on any atom is 0.00557 e. The Kier molecular flexibility index (Phi) is 3.85. The Morgan fingerprint density at radius 1 is 1.33 bits per heavy atom. The third-order valence-corrected chi connectivity index (χ3v) is 0.891. The minimum atomic E-state index is 1.28. The van der Waals surface area contributed by atoms with Gasteiger partial charge in [-0.1, -0.05) is 12.2 Å². The quantitative estimate of drug-likeness (QED) is 0.510. The van der Waals surface area contributed by atoms with Gasteiger partial charge in [0.15, 0.2) is 0 Å². The van der Waals surface area contributed by atoms with Gasteiger partial charge in [0.2, 0.25) is 0 Å². The largest absolute Gasteiger partial charge is 0.383 e. The first-order valence-electron chi connectivity index (χ1n) is 3.14. The lowest BCUT2D eigenvalue weighted by Crippen LogP contribution is -2.01. The van der Waals surface area contributed by atoms with E-state index in [-0.39, 0.29) is 0 Å². The molecule has 0 heterocycles. The van der Waals surface area contributed by atoms with Gasteiger partial charge in [-0.2, -0.15) is 0 Å². The van der Waals surface area contributed by atoms with Gasteiger partial charge in [-0.25, -0.2) is 0 Å². The standard InChI is InChI=1S/C8H15N/c1-5-6-8(2)7-9(3)4/h5-7H,1-4H3/b6-5?,8-7-. The first kappa shape index (κ1) is 8.28. The summed E-state index contributed by atoms with van der Waals surface area (Å²) in [4.78, 5) is 2.04. The van der Waals surface area contributed by atoms with E-state index in [2.05, 4.69) is 19.2 Å². The van der Waals surface area contributed by atoms with Crippen molar-refractivity contribution in [2.75, 3.05) is 14.1 Å². The van der Waals surface area contributed by atoms with Crippen LogP contribution in [0.2, 0.25) is 0 Å². The molecule has 0 aromatic heterocycles. The molecule has 0 saturated heterocycles. The number of hydrogen-bond donors (Lipinski definition) is 0. The average molecular weight is 125 g/mol. The highest BCUT2D eigenvalue weighted by atomic mass is 15.0. The Labute approximate surface area is 57.7 Å². The first-order chi connectivity index (χ1) is 4.16. The van der Waals surface area contributed by atoms with Crippen molar-refractivity contribution in [2.24, 2.45) is 0 Å². The maximum atomic E-state index is 2.08. The molecular weight excluding hydrogens is 110 g/mol. The van der Waals surface area contributed by atoms with Gasteiger partial charge in [-0.05, 0) is 19.4 Å². The molecule has 52 valence electrons.